The summed E-state index contributed by atoms with van der Waals surface area (Å²) in [6, 6.07) is 10.0. The Morgan fingerprint density at radius 3 is 2.33 bits per heavy atom. The van der Waals surface area contributed by atoms with E-state index in [-0.39, 0.29) is 36.6 Å². The van der Waals surface area contributed by atoms with Gasteiger partial charge in [0.15, 0.2) is 0 Å². The Morgan fingerprint density at radius 2 is 1.74 bits per heavy atom. The van der Waals surface area contributed by atoms with Crippen LogP contribution in [0, 0.1) is 0 Å². The molecule has 1 aromatic heterocycles. The van der Waals surface area contributed by atoms with Gasteiger partial charge in [-0.3, -0.25) is 14.6 Å². The molecule has 2 rings (SSSR count). The fourth-order valence-corrected chi connectivity index (χ4v) is 2.60. The van der Waals surface area contributed by atoms with Crippen molar-refractivity contribution in [1.82, 2.24) is 10.3 Å². The molecule has 1 aromatic carbocycles. The third kappa shape index (κ3) is 8.62. The Labute approximate surface area is 175 Å². The molecule has 6 nitrogen and oxygen atoms in total. The second-order valence-electron chi connectivity index (χ2n) is 5.49. The quantitative estimate of drug-likeness (QED) is 0.597. The van der Waals surface area contributed by atoms with E-state index in [2.05, 4.69) is 15.6 Å². The molecule has 1 atom stereocenters. The van der Waals surface area contributed by atoms with Gasteiger partial charge in [-0.2, -0.15) is 11.8 Å². The summed E-state index contributed by atoms with van der Waals surface area (Å²) in [6.45, 7) is 0.387. The Bertz CT molecular complexity index is 702. The highest BCUT2D eigenvalue weighted by atomic mass is 35.5. The first-order chi connectivity index (χ1) is 12.1. The first-order valence-corrected chi connectivity index (χ1v) is 9.32. The lowest BCUT2D eigenvalue weighted by atomic mass is 10.1. The van der Waals surface area contributed by atoms with E-state index >= 15 is 0 Å². The van der Waals surface area contributed by atoms with E-state index in [0.29, 0.717) is 24.2 Å². The SMILES string of the molecule is CSCC[C@H](N)C(=O)NCc1ccc(C(=O)Nc2ccncc2)cc1.Cl.Cl. The maximum atomic E-state index is 12.2. The number of carbonyl (C=O) groups is 2. The lowest BCUT2D eigenvalue weighted by molar-refractivity contribution is -0.122. The van der Waals surface area contributed by atoms with Crippen LogP contribution in [0.25, 0.3) is 0 Å². The highest BCUT2D eigenvalue weighted by Gasteiger charge is 2.12. The molecular weight excluding hydrogens is 407 g/mol. The summed E-state index contributed by atoms with van der Waals surface area (Å²) < 4.78 is 0. The predicted octanol–water partition coefficient (Wildman–Crippen LogP) is 2.87. The number of nitrogens with zero attached hydrogens (tertiary/aromatic N) is 1. The molecule has 0 aliphatic heterocycles. The molecule has 0 radical (unpaired) electrons. The molecule has 0 saturated carbocycles. The van der Waals surface area contributed by atoms with Crippen molar-refractivity contribution in [1.29, 1.82) is 0 Å². The van der Waals surface area contributed by atoms with E-state index in [0.717, 1.165) is 11.3 Å². The molecular formula is C18H24Cl2N4O2S. The van der Waals surface area contributed by atoms with Crippen molar-refractivity contribution in [3.63, 3.8) is 0 Å². The van der Waals surface area contributed by atoms with Crippen LogP contribution in [0.2, 0.25) is 0 Å². The molecule has 2 amide bonds. The van der Waals surface area contributed by atoms with Crippen molar-refractivity contribution >= 4 is 54.1 Å². The summed E-state index contributed by atoms with van der Waals surface area (Å²) in [6.07, 6.45) is 5.87. The third-order valence-corrected chi connectivity index (χ3v) is 4.23. The maximum Gasteiger partial charge on any atom is 0.255 e. The fraction of sp³-hybridized carbons (Fsp3) is 0.278. The van der Waals surface area contributed by atoms with Gasteiger partial charge in [0.05, 0.1) is 6.04 Å². The molecule has 0 aliphatic carbocycles. The van der Waals surface area contributed by atoms with E-state index in [1.165, 1.54) is 0 Å². The zero-order valence-electron chi connectivity index (χ0n) is 14.9. The zero-order chi connectivity index (χ0) is 18.1. The van der Waals surface area contributed by atoms with Crippen LogP contribution in [0.15, 0.2) is 48.8 Å². The number of thioether (sulfide) groups is 1. The number of aromatic nitrogens is 1. The van der Waals surface area contributed by atoms with Crippen molar-refractivity contribution in [2.24, 2.45) is 5.73 Å². The van der Waals surface area contributed by atoms with Gasteiger partial charge in [-0.15, -0.1) is 24.8 Å². The Kier molecular flexibility index (Phi) is 12.5. The van der Waals surface area contributed by atoms with Gasteiger partial charge in [0.2, 0.25) is 5.91 Å². The van der Waals surface area contributed by atoms with Gasteiger partial charge in [0.1, 0.15) is 0 Å². The number of halogens is 2. The molecule has 148 valence electrons. The average Bonchev–Trinajstić information content (AvgIpc) is 2.65. The molecule has 1 heterocycles. The second kappa shape index (κ2) is 13.4. The van der Waals surface area contributed by atoms with Gasteiger partial charge in [0, 0.05) is 30.2 Å². The van der Waals surface area contributed by atoms with E-state index in [1.54, 1.807) is 48.4 Å². The molecule has 27 heavy (non-hydrogen) atoms. The fourth-order valence-electron chi connectivity index (χ4n) is 2.11. The van der Waals surface area contributed by atoms with Crippen molar-refractivity contribution in [2.75, 3.05) is 17.3 Å². The number of anilines is 1. The van der Waals surface area contributed by atoms with Gasteiger partial charge >= 0.3 is 0 Å². The predicted molar refractivity (Wildman–Crippen MR) is 116 cm³/mol. The lowest BCUT2D eigenvalue weighted by Crippen LogP contribution is -2.40. The number of nitrogens with two attached hydrogens (primary N) is 1. The molecule has 2 aromatic rings. The maximum absolute atomic E-state index is 12.2. The molecule has 0 aliphatic rings. The molecule has 0 bridgehead atoms. The number of amides is 2. The Balaban J connectivity index is 0.00000338. The standard InChI is InChI=1S/C18H22N4O2S.2ClH/c1-25-11-8-16(19)18(24)21-12-13-2-4-14(5-3-13)17(23)22-15-6-9-20-10-7-15;;/h2-7,9-10,16H,8,11-12,19H2,1H3,(H,21,24)(H,20,22,23);2*1H/t16-;;/m0../s1. The second-order valence-corrected chi connectivity index (χ2v) is 6.48. The summed E-state index contributed by atoms with van der Waals surface area (Å²) in [5.41, 5.74) is 7.97. The van der Waals surface area contributed by atoms with Gasteiger partial charge in [-0.25, -0.2) is 0 Å². The van der Waals surface area contributed by atoms with Crippen molar-refractivity contribution in [3.05, 3.63) is 59.9 Å². The normalized spacial score (nSPS) is 10.7. The topological polar surface area (TPSA) is 97.1 Å². The Hall–Kier alpha value is -1.80. The Morgan fingerprint density at radius 1 is 1.11 bits per heavy atom. The van der Waals surface area contributed by atoms with Crippen LogP contribution >= 0.6 is 36.6 Å². The van der Waals surface area contributed by atoms with Crippen molar-refractivity contribution < 1.29 is 9.59 Å². The summed E-state index contributed by atoms with van der Waals surface area (Å²) in [4.78, 5) is 28.0. The number of benzene rings is 1. The summed E-state index contributed by atoms with van der Waals surface area (Å²) in [5.74, 6) is 0.505. The number of rotatable bonds is 8. The van der Waals surface area contributed by atoms with Gasteiger partial charge < -0.3 is 16.4 Å². The summed E-state index contributed by atoms with van der Waals surface area (Å²) >= 11 is 1.67. The zero-order valence-corrected chi connectivity index (χ0v) is 17.3. The first-order valence-electron chi connectivity index (χ1n) is 7.92. The lowest BCUT2D eigenvalue weighted by Gasteiger charge is -2.12. The third-order valence-electron chi connectivity index (χ3n) is 3.59. The smallest absolute Gasteiger partial charge is 0.255 e. The van der Waals surface area contributed by atoms with E-state index in [9.17, 15) is 9.59 Å². The van der Waals surface area contributed by atoms with Crippen LogP contribution in [0.1, 0.15) is 22.3 Å². The van der Waals surface area contributed by atoms with Crippen LogP contribution in [0.4, 0.5) is 5.69 Å². The van der Waals surface area contributed by atoms with Crippen LogP contribution in [-0.2, 0) is 11.3 Å². The molecule has 0 unspecified atom stereocenters. The number of pyridine rings is 1. The van der Waals surface area contributed by atoms with E-state index in [1.807, 2.05) is 18.4 Å². The van der Waals surface area contributed by atoms with Crippen molar-refractivity contribution in [3.8, 4) is 0 Å². The molecule has 0 fully saturated rings. The molecule has 9 heteroatoms. The molecule has 0 spiro atoms. The number of hydrogen-bond acceptors (Lipinski definition) is 5. The van der Waals surface area contributed by atoms with Gasteiger partial charge in [-0.1, -0.05) is 12.1 Å². The summed E-state index contributed by atoms with van der Waals surface area (Å²) in [5, 5.41) is 5.61. The van der Waals surface area contributed by atoms with Crippen LogP contribution in [-0.4, -0.2) is 34.8 Å². The van der Waals surface area contributed by atoms with Crippen LogP contribution in [0.5, 0.6) is 0 Å². The number of hydrogen-bond donors (Lipinski definition) is 3. The van der Waals surface area contributed by atoms with Crippen LogP contribution < -0.4 is 16.4 Å². The number of carbonyl (C=O) groups excluding carboxylic acids is 2. The number of nitrogens with one attached hydrogen (secondary N) is 2. The largest absolute Gasteiger partial charge is 0.351 e. The monoisotopic (exact) mass is 430 g/mol. The van der Waals surface area contributed by atoms with Gasteiger partial charge in [0.25, 0.3) is 5.91 Å². The average molecular weight is 431 g/mol. The first kappa shape index (κ1) is 25.2. The minimum atomic E-state index is -0.488. The summed E-state index contributed by atoms with van der Waals surface area (Å²) in [7, 11) is 0. The minimum Gasteiger partial charge on any atom is -0.351 e. The van der Waals surface area contributed by atoms with Crippen LogP contribution in [0.3, 0.4) is 0 Å². The van der Waals surface area contributed by atoms with Crippen molar-refractivity contribution in [2.45, 2.75) is 19.0 Å². The highest BCUT2D eigenvalue weighted by molar-refractivity contribution is 7.98. The molecule has 4 N–H and O–H groups in total. The minimum absolute atomic E-state index is 0. The highest BCUT2D eigenvalue weighted by Crippen LogP contribution is 2.09. The molecule has 0 saturated heterocycles. The van der Waals surface area contributed by atoms with Gasteiger partial charge in [-0.05, 0) is 48.3 Å². The van der Waals surface area contributed by atoms with E-state index < -0.39 is 6.04 Å². The van der Waals surface area contributed by atoms with E-state index in [4.69, 9.17) is 5.73 Å².